The summed E-state index contributed by atoms with van der Waals surface area (Å²) in [5.41, 5.74) is 6.20. The highest BCUT2D eigenvalue weighted by Gasteiger charge is 2.21. The number of aromatic hydroxyl groups is 1. The number of nitrogens with one attached hydrogen (secondary N) is 1. The molecule has 26 heavy (non-hydrogen) atoms. The number of rotatable bonds is 6. The topological polar surface area (TPSA) is 136 Å². The largest absolute Gasteiger partial charge is 0.508 e. The highest BCUT2D eigenvalue weighted by molar-refractivity contribution is 8.00. The molecule has 0 bridgehead atoms. The maximum absolute atomic E-state index is 12.4. The molecule has 1 atom stereocenters. The summed E-state index contributed by atoms with van der Waals surface area (Å²) in [6, 6.07) is 7.91. The van der Waals surface area contributed by atoms with Gasteiger partial charge in [-0.3, -0.25) is 9.59 Å². The van der Waals surface area contributed by atoms with E-state index >= 15 is 0 Å². The zero-order chi connectivity index (χ0) is 18.7. The van der Waals surface area contributed by atoms with Crippen LogP contribution in [0.25, 0.3) is 5.69 Å². The second-order valence-electron chi connectivity index (χ2n) is 5.17. The quantitative estimate of drug-likeness (QED) is 0.544. The van der Waals surface area contributed by atoms with Gasteiger partial charge in [0.15, 0.2) is 0 Å². The van der Waals surface area contributed by atoms with E-state index < -0.39 is 11.2 Å². The van der Waals surface area contributed by atoms with Gasteiger partial charge in [-0.1, -0.05) is 11.8 Å². The number of aromatic nitrogens is 4. The summed E-state index contributed by atoms with van der Waals surface area (Å²) in [4.78, 5) is 23.8. The van der Waals surface area contributed by atoms with Crippen LogP contribution in [-0.2, 0) is 4.79 Å². The molecule has 0 unspecified atom stereocenters. The number of nitrogens with two attached hydrogens (primary N) is 1. The molecular formula is C15H14N6O3S2. The highest BCUT2D eigenvalue weighted by atomic mass is 32.2. The van der Waals surface area contributed by atoms with E-state index in [2.05, 4.69) is 20.8 Å². The third-order valence-electron chi connectivity index (χ3n) is 3.35. The Morgan fingerprint density at radius 3 is 2.73 bits per heavy atom. The van der Waals surface area contributed by atoms with Crippen LogP contribution in [0.3, 0.4) is 0 Å². The molecule has 0 aliphatic heterocycles. The fourth-order valence-corrected chi connectivity index (χ4v) is 3.64. The molecule has 0 aliphatic carbocycles. The van der Waals surface area contributed by atoms with Crippen LogP contribution in [0, 0.1) is 0 Å². The van der Waals surface area contributed by atoms with Crippen molar-refractivity contribution in [3.05, 3.63) is 41.3 Å². The van der Waals surface area contributed by atoms with Gasteiger partial charge in [0, 0.05) is 0 Å². The first-order valence-corrected chi connectivity index (χ1v) is 9.14. The number of hydrogen-bond acceptors (Lipinski definition) is 8. The van der Waals surface area contributed by atoms with Crippen molar-refractivity contribution in [1.29, 1.82) is 0 Å². The summed E-state index contributed by atoms with van der Waals surface area (Å²) in [6.45, 7) is 1.70. The Balaban J connectivity index is 1.72. The first-order valence-electron chi connectivity index (χ1n) is 7.38. The molecule has 2 heterocycles. The van der Waals surface area contributed by atoms with E-state index in [1.54, 1.807) is 30.5 Å². The number of thioether (sulfide) groups is 1. The number of primary amides is 1. The smallest absolute Gasteiger partial charge is 0.251 e. The fourth-order valence-electron chi connectivity index (χ4n) is 2.03. The van der Waals surface area contributed by atoms with Crippen molar-refractivity contribution in [1.82, 2.24) is 20.2 Å². The standard InChI is InChI=1S/C15H14N6O3S2/c1-8(13(24)17-14-11(12(16)23)6-7-25-14)26-15-18-19-20-21(15)9-2-4-10(22)5-3-9/h2-8,22H,1H3,(H2,16,23)(H,17,24)/t8-/m1/s1. The predicted octanol–water partition coefficient (Wildman–Crippen LogP) is 1.65. The molecule has 0 saturated heterocycles. The summed E-state index contributed by atoms with van der Waals surface area (Å²) >= 11 is 2.38. The summed E-state index contributed by atoms with van der Waals surface area (Å²) < 4.78 is 1.47. The zero-order valence-corrected chi connectivity index (χ0v) is 15.1. The fraction of sp³-hybridized carbons (Fsp3) is 0.133. The molecule has 4 N–H and O–H groups in total. The normalized spacial score (nSPS) is 11.9. The first-order chi connectivity index (χ1) is 12.5. The number of carbonyl (C=O) groups excluding carboxylic acids is 2. The van der Waals surface area contributed by atoms with Crippen molar-refractivity contribution in [2.75, 3.05) is 5.32 Å². The van der Waals surface area contributed by atoms with Crippen molar-refractivity contribution in [2.45, 2.75) is 17.3 Å². The van der Waals surface area contributed by atoms with Crippen LogP contribution in [0.5, 0.6) is 5.75 Å². The first kappa shape index (κ1) is 17.9. The molecule has 3 aromatic rings. The molecule has 0 aliphatic rings. The molecule has 3 rings (SSSR count). The van der Waals surface area contributed by atoms with Gasteiger partial charge in [-0.2, -0.15) is 4.68 Å². The summed E-state index contributed by atoms with van der Waals surface area (Å²) in [5.74, 6) is -0.775. The monoisotopic (exact) mass is 390 g/mol. The van der Waals surface area contributed by atoms with Crippen molar-refractivity contribution < 1.29 is 14.7 Å². The number of thiophene rings is 1. The second kappa shape index (κ2) is 7.54. The Morgan fingerprint density at radius 2 is 2.04 bits per heavy atom. The molecule has 2 aromatic heterocycles. The van der Waals surface area contributed by atoms with Crippen molar-refractivity contribution in [2.24, 2.45) is 5.73 Å². The third kappa shape index (κ3) is 3.83. The van der Waals surface area contributed by atoms with Gasteiger partial charge in [0.25, 0.3) is 5.91 Å². The van der Waals surface area contributed by atoms with E-state index in [9.17, 15) is 14.7 Å². The van der Waals surface area contributed by atoms with Crippen molar-refractivity contribution in [3.8, 4) is 11.4 Å². The van der Waals surface area contributed by atoms with E-state index in [1.807, 2.05) is 0 Å². The average molecular weight is 390 g/mol. The Morgan fingerprint density at radius 1 is 1.31 bits per heavy atom. The Hall–Kier alpha value is -2.92. The van der Waals surface area contributed by atoms with Crippen LogP contribution in [-0.4, -0.2) is 42.4 Å². The number of hydrogen-bond donors (Lipinski definition) is 3. The van der Waals surface area contributed by atoms with Gasteiger partial charge in [-0.05, 0) is 53.1 Å². The second-order valence-corrected chi connectivity index (χ2v) is 7.39. The van der Waals surface area contributed by atoms with Crippen LogP contribution in [0.4, 0.5) is 5.00 Å². The predicted molar refractivity (Wildman–Crippen MR) is 97.6 cm³/mol. The minimum Gasteiger partial charge on any atom is -0.508 e. The number of phenols is 1. The number of tetrazole rings is 1. The molecule has 0 saturated carbocycles. The van der Waals surface area contributed by atoms with Crippen molar-refractivity contribution >= 4 is 39.9 Å². The molecule has 134 valence electrons. The number of amides is 2. The van der Waals surface area contributed by atoms with Gasteiger partial charge in [0.1, 0.15) is 10.8 Å². The lowest BCUT2D eigenvalue weighted by Crippen LogP contribution is -2.24. The Labute approximate surface area is 156 Å². The lowest BCUT2D eigenvalue weighted by molar-refractivity contribution is -0.115. The SMILES string of the molecule is C[C@@H](Sc1nnnn1-c1ccc(O)cc1)C(=O)Nc1sccc1C(N)=O. The average Bonchev–Trinajstić information content (AvgIpc) is 3.25. The summed E-state index contributed by atoms with van der Waals surface area (Å²) in [6.07, 6.45) is 0. The molecule has 0 spiro atoms. The molecule has 9 nitrogen and oxygen atoms in total. The van der Waals surface area contributed by atoms with E-state index in [4.69, 9.17) is 5.73 Å². The van der Waals surface area contributed by atoms with Gasteiger partial charge in [0.05, 0.1) is 16.5 Å². The van der Waals surface area contributed by atoms with E-state index in [0.717, 1.165) is 11.8 Å². The number of anilines is 1. The van der Waals surface area contributed by atoms with E-state index in [1.165, 1.54) is 28.2 Å². The minimum atomic E-state index is -0.599. The summed E-state index contributed by atoms with van der Waals surface area (Å²) in [7, 11) is 0. The molecule has 0 fully saturated rings. The van der Waals surface area contributed by atoms with Gasteiger partial charge < -0.3 is 16.2 Å². The van der Waals surface area contributed by atoms with Crippen LogP contribution >= 0.6 is 23.1 Å². The maximum Gasteiger partial charge on any atom is 0.251 e. The van der Waals surface area contributed by atoms with Gasteiger partial charge in [-0.25, -0.2) is 0 Å². The Kier molecular flexibility index (Phi) is 5.19. The van der Waals surface area contributed by atoms with E-state index in [0.29, 0.717) is 15.8 Å². The number of phenolic OH excluding ortho intramolecular Hbond substituents is 1. The molecular weight excluding hydrogens is 376 g/mol. The van der Waals surface area contributed by atoms with Crippen LogP contribution in [0.15, 0.2) is 40.9 Å². The summed E-state index contributed by atoms with van der Waals surface area (Å²) in [5, 5.41) is 25.5. The molecule has 11 heteroatoms. The lowest BCUT2D eigenvalue weighted by atomic mass is 10.3. The van der Waals surface area contributed by atoms with Crippen LogP contribution in [0.1, 0.15) is 17.3 Å². The number of carbonyl (C=O) groups is 2. The number of benzene rings is 1. The van der Waals surface area contributed by atoms with Crippen molar-refractivity contribution in [3.63, 3.8) is 0 Å². The number of nitrogens with zero attached hydrogens (tertiary/aromatic N) is 4. The van der Waals surface area contributed by atoms with Crippen LogP contribution in [0.2, 0.25) is 0 Å². The third-order valence-corrected chi connectivity index (χ3v) is 5.22. The van der Waals surface area contributed by atoms with Gasteiger partial charge >= 0.3 is 0 Å². The highest BCUT2D eigenvalue weighted by Crippen LogP contribution is 2.27. The molecule has 1 aromatic carbocycles. The molecule has 2 amide bonds. The van der Waals surface area contributed by atoms with Gasteiger partial charge in [-0.15, -0.1) is 16.4 Å². The Bertz CT molecular complexity index is 937. The van der Waals surface area contributed by atoms with Crippen LogP contribution < -0.4 is 11.1 Å². The maximum atomic E-state index is 12.4. The lowest BCUT2D eigenvalue weighted by Gasteiger charge is -2.11. The van der Waals surface area contributed by atoms with Gasteiger partial charge in [0.2, 0.25) is 11.1 Å². The zero-order valence-electron chi connectivity index (χ0n) is 13.5. The molecule has 0 radical (unpaired) electrons. The minimum absolute atomic E-state index is 0.130. The van der Waals surface area contributed by atoms with E-state index in [-0.39, 0.29) is 17.2 Å².